The van der Waals surface area contributed by atoms with Gasteiger partial charge in [-0.2, -0.15) is 0 Å². The Labute approximate surface area is 102 Å². The Bertz CT molecular complexity index is 405. The number of nitrogens with zero attached hydrogens (tertiary/aromatic N) is 1. The molecule has 0 N–H and O–H groups in total. The predicted octanol–water partition coefficient (Wildman–Crippen LogP) is 2.08. The molecule has 1 rings (SSSR count). The first-order valence-corrected chi connectivity index (χ1v) is 7.24. The molecule has 0 atom stereocenters. The molecule has 0 aliphatic heterocycles. The van der Waals surface area contributed by atoms with Gasteiger partial charge in [0, 0.05) is 19.5 Å². The van der Waals surface area contributed by atoms with Crippen molar-refractivity contribution in [2.75, 3.05) is 18.7 Å². The third-order valence-corrected chi connectivity index (χ3v) is 4.41. The second-order valence-corrected chi connectivity index (χ2v) is 6.17. The Morgan fingerprint density at radius 3 is 2.44 bits per heavy atom. The highest BCUT2D eigenvalue weighted by atomic mass is 35.5. The summed E-state index contributed by atoms with van der Waals surface area (Å²) in [6.07, 6.45) is 0.489. The van der Waals surface area contributed by atoms with E-state index in [0.717, 1.165) is 5.56 Å². The number of rotatable bonds is 6. The van der Waals surface area contributed by atoms with Crippen molar-refractivity contribution in [1.82, 2.24) is 4.31 Å². The first-order chi connectivity index (χ1) is 7.56. The molecule has 0 amide bonds. The summed E-state index contributed by atoms with van der Waals surface area (Å²) >= 11 is 5.49. The Balaban J connectivity index is 2.61. The minimum absolute atomic E-state index is 0.111. The first kappa shape index (κ1) is 13.5. The Kier molecular flexibility index (Phi) is 5.25. The molecule has 0 fully saturated rings. The highest BCUT2D eigenvalue weighted by Crippen LogP contribution is 2.08. The van der Waals surface area contributed by atoms with Crippen LogP contribution in [0.3, 0.4) is 0 Å². The van der Waals surface area contributed by atoms with Crippen molar-refractivity contribution in [3.8, 4) is 0 Å². The van der Waals surface area contributed by atoms with Gasteiger partial charge in [-0.25, -0.2) is 12.7 Å². The van der Waals surface area contributed by atoms with E-state index in [1.807, 2.05) is 30.3 Å². The van der Waals surface area contributed by atoms with Crippen LogP contribution < -0.4 is 0 Å². The zero-order valence-electron chi connectivity index (χ0n) is 9.27. The number of hydrogen-bond acceptors (Lipinski definition) is 2. The van der Waals surface area contributed by atoms with Gasteiger partial charge in [-0.3, -0.25) is 0 Å². The molecule has 1 aromatic rings. The minimum Gasteiger partial charge on any atom is -0.212 e. The summed E-state index contributed by atoms with van der Waals surface area (Å²) in [5.74, 6) is 0.484. The fourth-order valence-corrected chi connectivity index (χ4v) is 2.79. The van der Waals surface area contributed by atoms with E-state index >= 15 is 0 Å². The molecule has 3 nitrogen and oxygen atoms in total. The Morgan fingerprint density at radius 2 is 1.88 bits per heavy atom. The van der Waals surface area contributed by atoms with Crippen molar-refractivity contribution in [3.63, 3.8) is 0 Å². The SMILES string of the molecule is CN(Cc1ccccc1)S(=O)(=O)CCCCl. The van der Waals surface area contributed by atoms with Gasteiger partial charge in [0.1, 0.15) is 0 Å². The third-order valence-electron chi connectivity index (χ3n) is 2.26. The van der Waals surface area contributed by atoms with E-state index < -0.39 is 10.0 Å². The summed E-state index contributed by atoms with van der Waals surface area (Å²) in [7, 11) is -1.58. The molecular weight excluding hydrogens is 246 g/mol. The van der Waals surface area contributed by atoms with Gasteiger partial charge in [-0.05, 0) is 12.0 Å². The number of hydrogen-bond donors (Lipinski definition) is 0. The van der Waals surface area contributed by atoms with Gasteiger partial charge in [0.05, 0.1) is 5.75 Å². The Hall–Kier alpha value is -0.580. The lowest BCUT2D eigenvalue weighted by Crippen LogP contribution is -2.28. The van der Waals surface area contributed by atoms with Crippen LogP contribution in [0.4, 0.5) is 0 Å². The molecule has 0 unspecified atom stereocenters. The lowest BCUT2D eigenvalue weighted by atomic mass is 10.2. The van der Waals surface area contributed by atoms with Crippen LogP contribution in [-0.4, -0.2) is 31.4 Å². The van der Waals surface area contributed by atoms with Gasteiger partial charge >= 0.3 is 0 Å². The number of sulfonamides is 1. The molecule has 0 bridgehead atoms. The number of alkyl halides is 1. The standard InChI is InChI=1S/C11H16ClNO2S/c1-13(16(14,15)9-5-8-12)10-11-6-3-2-4-7-11/h2-4,6-7H,5,8-10H2,1H3. The summed E-state index contributed by atoms with van der Waals surface area (Å²) in [5, 5.41) is 0. The highest BCUT2D eigenvalue weighted by Gasteiger charge is 2.16. The lowest BCUT2D eigenvalue weighted by Gasteiger charge is -2.16. The molecular formula is C11H16ClNO2S. The zero-order chi connectivity index (χ0) is 12.0. The molecule has 0 aliphatic carbocycles. The first-order valence-electron chi connectivity index (χ1n) is 5.10. The molecule has 0 radical (unpaired) electrons. The van der Waals surface area contributed by atoms with Gasteiger partial charge < -0.3 is 0 Å². The molecule has 0 heterocycles. The number of benzene rings is 1. The van der Waals surface area contributed by atoms with E-state index in [-0.39, 0.29) is 5.75 Å². The maximum atomic E-state index is 11.8. The number of halogens is 1. The summed E-state index contributed by atoms with van der Waals surface area (Å²) < 4.78 is 24.9. The minimum atomic E-state index is -3.17. The van der Waals surface area contributed by atoms with Gasteiger partial charge in [0.2, 0.25) is 10.0 Å². The zero-order valence-corrected chi connectivity index (χ0v) is 10.8. The van der Waals surface area contributed by atoms with E-state index in [4.69, 9.17) is 11.6 Å². The largest absolute Gasteiger partial charge is 0.214 e. The van der Waals surface area contributed by atoms with Gasteiger partial charge in [0.25, 0.3) is 0 Å². The molecule has 0 saturated heterocycles. The summed E-state index contributed by atoms with van der Waals surface area (Å²) in [4.78, 5) is 0. The maximum absolute atomic E-state index is 11.8. The van der Waals surface area contributed by atoms with Crippen LogP contribution in [-0.2, 0) is 16.6 Å². The fourth-order valence-electron chi connectivity index (χ4n) is 1.33. The van der Waals surface area contributed by atoms with Gasteiger partial charge in [0.15, 0.2) is 0 Å². The smallest absolute Gasteiger partial charge is 0.212 e. The molecule has 0 saturated carbocycles. The van der Waals surface area contributed by atoms with Crippen molar-refractivity contribution in [1.29, 1.82) is 0 Å². The molecule has 0 spiro atoms. The maximum Gasteiger partial charge on any atom is 0.214 e. The quantitative estimate of drug-likeness (QED) is 0.736. The van der Waals surface area contributed by atoms with Crippen LogP contribution in [0.15, 0.2) is 30.3 Å². The van der Waals surface area contributed by atoms with Crippen molar-refractivity contribution in [3.05, 3.63) is 35.9 Å². The Morgan fingerprint density at radius 1 is 1.25 bits per heavy atom. The summed E-state index contributed by atoms with van der Waals surface area (Å²) in [6, 6.07) is 9.52. The van der Waals surface area contributed by atoms with Crippen molar-refractivity contribution in [2.45, 2.75) is 13.0 Å². The fraction of sp³-hybridized carbons (Fsp3) is 0.455. The third kappa shape index (κ3) is 4.12. The van der Waals surface area contributed by atoms with Crippen LogP contribution in [0.1, 0.15) is 12.0 Å². The van der Waals surface area contributed by atoms with E-state index in [2.05, 4.69) is 0 Å². The topological polar surface area (TPSA) is 37.4 Å². The van der Waals surface area contributed by atoms with E-state index in [1.165, 1.54) is 4.31 Å². The van der Waals surface area contributed by atoms with Crippen molar-refractivity contribution < 1.29 is 8.42 Å². The second kappa shape index (κ2) is 6.23. The average molecular weight is 262 g/mol. The van der Waals surface area contributed by atoms with Gasteiger partial charge in [-0.15, -0.1) is 11.6 Å². The summed E-state index contributed by atoms with van der Waals surface area (Å²) in [6.45, 7) is 0.408. The molecule has 90 valence electrons. The average Bonchev–Trinajstić information content (AvgIpc) is 2.28. The van der Waals surface area contributed by atoms with E-state index in [0.29, 0.717) is 18.8 Å². The summed E-state index contributed by atoms with van der Waals surface area (Å²) in [5.41, 5.74) is 0.986. The van der Waals surface area contributed by atoms with Crippen molar-refractivity contribution >= 4 is 21.6 Å². The van der Waals surface area contributed by atoms with Crippen LogP contribution in [0.2, 0.25) is 0 Å². The molecule has 5 heteroatoms. The lowest BCUT2D eigenvalue weighted by molar-refractivity contribution is 0.466. The predicted molar refractivity (Wildman–Crippen MR) is 67.0 cm³/mol. The van der Waals surface area contributed by atoms with Crippen LogP contribution in [0, 0.1) is 0 Å². The van der Waals surface area contributed by atoms with Gasteiger partial charge in [-0.1, -0.05) is 30.3 Å². The van der Waals surface area contributed by atoms with Crippen LogP contribution in [0.25, 0.3) is 0 Å². The molecule has 16 heavy (non-hydrogen) atoms. The second-order valence-electron chi connectivity index (χ2n) is 3.60. The van der Waals surface area contributed by atoms with Crippen molar-refractivity contribution in [2.24, 2.45) is 0 Å². The van der Waals surface area contributed by atoms with E-state index in [9.17, 15) is 8.42 Å². The van der Waals surface area contributed by atoms with Crippen LogP contribution in [0.5, 0.6) is 0 Å². The van der Waals surface area contributed by atoms with Crippen LogP contribution >= 0.6 is 11.6 Å². The normalized spacial score (nSPS) is 11.9. The highest BCUT2D eigenvalue weighted by molar-refractivity contribution is 7.89. The molecule has 0 aliphatic rings. The monoisotopic (exact) mass is 261 g/mol. The van der Waals surface area contributed by atoms with E-state index in [1.54, 1.807) is 7.05 Å². The molecule has 1 aromatic carbocycles. The molecule has 0 aromatic heterocycles.